The molecule has 0 aliphatic rings. The number of aromatic nitrogens is 2. The van der Waals surface area contributed by atoms with Gasteiger partial charge in [-0.25, -0.2) is 18.5 Å². The van der Waals surface area contributed by atoms with Crippen LogP contribution in [0.4, 0.5) is 0 Å². The minimum atomic E-state index is -4.07. The van der Waals surface area contributed by atoms with Crippen LogP contribution in [0.5, 0.6) is 5.75 Å². The highest BCUT2D eigenvalue weighted by atomic mass is 79.9. The highest BCUT2D eigenvalue weighted by molar-refractivity contribution is 9.10. The fourth-order valence-corrected chi connectivity index (χ4v) is 3.11. The van der Waals surface area contributed by atoms with Gasteiger partial charge in [0, 0.05) is 6.20 Å². The molecule has 0 bridgehead atoms. The van der Waals surface area contributed by atoms with Crippen molar-refractivity contribution in [1.82, 2.24) is 9.97 Å². The van der Waals surface area contributed by atoms with Crippen LogP contribution in [0, 0.1) is 0 Å². The number of pyridine rings is 2. The summed E-state index contributed by atoms with van der Waals surface area (Å²) >= 11 is 9.01. The first-order valence-electron chi connectivity index (χ1n) is 6.19. The average molecular weight is 407 g/mol. The van der Waals surface area contributed by atoms with E-state index in [1.54, 1.807) is 6.20 Å². The van der Waals surface area contributed by atoms with E-state index in [4.69, 9.17) is 16.7 Å². The lowest BCUT2D eigenvalue weighted by Gasteiger charge is -2.12. The Bertz CT molecular complexity index is 841. The Morgan fingerprint density at radius 2 is 1.95 bits per heavy atom. The first-order valence-corrected chi connectivity index (χ1v) is 8.91. The topological polar surface area (TPSA) is 106 Å². The second-order valence-electron chi connectivity index (χ2n) is 4.94. The minimum absolute atomic E-state index is 0.00262. The van der Waals surface area contributed by atoms with E-state index in [1.807, 2.05) is 13.8 Å². The van der Waals surface area contributed by atoms with E-state index in [0.29, 0.717) is 0 Å². The summed E-state index contributed by atoms with van der Waals surface area (Å²) in [5, 5.41) is 15.4. The standard InChI is InChI=1S/C13H13BrClN3O3S/c1-6(2)7-3-9(19)11(17-5-7)12-10(22(16,20)21)4-8(14)13(15)18-12/h3-6,19H,1-2H3,(H2,16,20,21). The highest BCUT2D eigenvalue weighted by Crippen LogP contribution is 2.35. The summed E-state index contributed by atoms with van der Waals surface area (Å²) in [6, 6.07) is 2.75. The molecular weight excluding hydrogens is 394 g/mol. The van der Waals surface area contributed by atoms with Crippen LogP contribution in [0.25, 0.3) is 11.4 Å². The zero-order valence-electron chi connectivity index (χ0n) is 11.7. The number of aromatic hydroxyl groups is 1. The van der Waals surface area contributed by atoms with Crippen molar-refractivity contribution in [3.05, 3.63) is 33.5 Å². The Kier molecular flexibility index (Phi) is 4.76. The fraction of sp³-hybridized carbons (Fsp3) is 0.231. The third-order valence-corrected chi connectivity index (χ3v) is 5.03. The second-order valence-corrected chi connectivity index (χ2v) is 7.69. The van der Waals surface area contributed by atoms with Crippen molar-refractivity contribution in [2.75, 3.05) is 0 Å². The zero-order chi connectivity index (χ0) is 16.7. The maximum Gasteiger partial charge on any atom is 0.240 e. The summed E-state index contributed by atoms with van der Waals surface area (Å²) in [5.74, 6) is -0.0337. The van der Waals surface area contributed by atoms with Crippen LogP contribution < -0.4 is 5.14 Å². The summed E-state index contributed by atoms with van der Waals surface area (Å²) in [5.41, 5.74) is 0.716. The zero-order valence-corrected chi connectivity index (χ0v) is 14.9. The fourth-order valence-electron chi connectivity index (χ4n) is 1.80. The molecule has 0 aliphatic heterocycles. The molecule has 3 N–H and O–H groups in total. The van der Waals surface area contributed by atoms with Crippen molar-refractivity contribution in [1.29, 1.82) is 0 Å². The Labute approximate surface area is 141 Å². The molecule has 0 spiro atoms. The first-order chi connectivity index (χ1) is 10.1. The minimum Gasteiger partial charge on any atom is -0.506 e. The smallest absolute Gasteiger partial charge is 0.240 e. The van der Waals surface area contributed by atoms with Gasteiger partial charge in [0.2, 0.25) is 10.0 Å². The van der Waals surface area contributed by atoms with Crippen LogP contribution in [-0.2, 0) is 10.0 Å². The van der Waals surface area contributed by atoms with Gasteiger partial charge in [0.05, 0.1) is 4.47 Å². The molecule has 2 rings (SSSR count). The molecule has 22 heavy (non-hydrogen) atoms. The molecule has 0 unspecified atom stereocenters. The van der Waals surface area contributed by atoms with E-state index in [-0.39, 0.29) is 37.6 Å². The van der Waals surface area contributed by atoms with Crippen LogP contribution in [0.15, 0.2) is 27.7 Å². The number of nitrogens with zero attached hydrogens (tertiary/aromatic N) is 2. The molecule has 2 aromatic heterocycles. The summed E-state index contributed by atoms with van der Waals surface area (Å²) in [7, 11) is -4.07. The molecule has 2 heterocycles. The molecule has 9 heteroatoms. The van der Waals surface area contributed by atoms with Gasteiger partial charge in [0.25, 0.3) is 0 Å². The van der Waals surface area contributed by atoms with Crippen molar-refractivity contribution < 1.29 is 13.5 Å². The predicted molar refractivity (Wildman–Crippen MR) is 87.3 cm³/mol. The van der Waals surface area contributed by atoms with Gasteiger partial charge in [-0.3, -0.25) is 4.98 Å². The molecule has 0 aliphatic carbocycles. The maximum absolute atomic E-state index is 11.7. The second kappa shape index (κ2) is 6.11. The van der Waals surface area contributed by atoms with E-state index in [0.717, 1.165) is 5.56 Å². The summed E-state index contributed by atoms with van der Waals surface area (Å²) in [6.45, 7) is 3.89. The summed E-state index contributed by atoms with van der Waals surface area (Å²) < 4.78 is 23.8. The van der Waals surface area contributed by atoms with E-state index < -0.39 is 10.0 Å². The monoisotopic (exact) mass is 405 g/mol. The van der Waals surface area contributed by atoms with Crippen molar-refractivity contribution in [3.63, 3.8) is 0 Å². The molecule has 0 amide bonds. The van der Waals surface area contributed by atoms with Crippen molar-refractivity contribution >= 4 is 37.6 Å². The molecule has 6 nitrogen and oxygen atoms in total. The van der Waals surface area contributed by atoms with Crippen LogP contribution in [0.3, 0.4) is 0 Å². The lowest BCUT2D eigenvalue weighted by atomic mass is 10.0. The number of primary sulfonamides is 1. The predicted octanol–water partition coefficient (Wildman–Crippen LogP) is 3.04. The number of hydrogen-bond acceptors (Lipinski definition) is 5. The van der Waals surface area contributed by atoms with Crippen molar-refractivity contribution in [3.8, 4) is 17.1 Å². The van der Waals surface area contributed by atoms with Crippen LogP contribution in [0.2, 0.25) is 5.15 Å². The molecule has 0 aromatic carbocycles. The van der Waals surface area contributed by atoms with E-state index in [2.05, 4.69) is 25.9 Å². The Morgan fingerprint density at radius 3 is 2.45 bits per heavy atom. The highest BCUT2D eigenvalue weighted by Gasteiger charge is 2.23. The number of hydrogen-bond donors (Lipinski definition) is 2. The Hall–Kier alpha value is -1.22. The van der Waals surface area contributed by atoms with Gasteiger partial charge in [-0.1, -0.05) is 25.4 Å². The number of nitrogens with two attached hydrogens (primary N) is 1. The Balaban J connectivity index is 2.75. The van der Waals surface area contributed by atoms with Gasteiger partial charge in [-0.2, -0.15) is 0 Å². The van der Waals surface area contributed by atoms with Crippen LogP contribution >= 0.6 is 27.5 Å². The molecule has 0 atom stereocenters. The molecule has 0 radical (unpaired) electrons. The van der Waals surface area contributed by atoms with E-state index in [1.165, 1.54) is 12.1 Å². The third kappa shape index (κ3) is 3.40. The number of halogens is 2. The first kappa shape index (κ1) is 17.1. The summed E-state index contributed by atoms with van der Waals surface area (Å²) in [4.78, 5) is 7.82. The van der Waals surface area contributed by atoms with Gasteiger partial charge in [-0.05, 0) is 39.5 Å². The molecule has 118 valence electrons. The molecule has 2 aromatic rings. The lowest BCUT2D eigenvalue weighted by molar-refractivity contribution is 0.473. The third-order valence-electron chi connectivity index (χ3n) is 2.98. The van der Waals surface area contributed by atoms with E-state index >= 15 is 0 Å². The average Bonchev–Trinajstić information content (AvgIpc) is 2.40. The molecule has 0 saturated carbocycles. The normalized spacial score (nSPS) is 11.9. The van der Waals surface area contributed by atoms with Crippen LogP contribution in [-0.4, -0.2) is 23.5 Å². The van der Waals surface area contributed by atoms with Gasteiger partial charge in [0.15, 0.2) is 0 Å². The Morgan fingerprint density at radius 1 is 1.32 bits per heavy atom. The van der Waals surface area contributed by atoms with Crippen molar-refractivity contribution in [2.45, 2.75) is 24.7 Å². The van der Waals surface area contributed by atoms with Gasteiger partial charge >= 0.3 is 0 Å². The van der Waals surface area contributed by atoms with Gasteiger partial charge in [0.1, 0.15) is 27.2 Å². The lowest BCUT2D eigenvalue weighted by Crippen LogP contribution is -2.14. The SMILES string of the molecule is CC(C)c1cnc(-c2nc(Cl)c(Br)cc2S(N)(=O)=O)c(O)c1. The quantitative estimate of drug-likeness (QED) is 0.762. The number of sulfonamides is 1. The molecule has 0 saturated heterocycles. The van der Waals surface area contributed by atoms with Gasteiger partial charge < -0.3 is 5.11 Å². The molecule has 0 fully saturated rings. The van der Waals surface area contributed by atoms with Crippen LogP contribution in [0.1, 0.15) is 25.3 Å². The largest absolute Gasteiger partial charge is 0.506 e. The number of rotatable bonds is 3. The summed E-state index contributed by atoms with van der Waals surface area (Å²) in [6.07, 6.45) is 1.55. The van der Waals surface area contributed by atoms with E-state index in [9.17, 15) is 13.5 Å². The van der Waals surface area contributed by atoms with Gasteiger partial charge in [-0.15, -0.1) is 0 Å². The maximum atomic E-state index is 11.7. The molecular formula is C13H13BrClN3O3S. The van der Waals surface area contributed by atoms with Crippen molar-refractivity contribution in [2.24, 2.45) is 5.14 Å².